The number of aromatic hydroxyl groups is 1. The summed E-state index contributed by atoms with van der Waals surface area (Å²) in [6.07, 6.45) is 1.34. The average molecular weight is 311 g/mol. The van der Waals surface area contributed by atoms with Gasteiger partial charge in [0, 0.05) is 5.69 Å². The Morgan fingerprint density at radius 2 is 1.87 bits per heavy atom. The van der Waals surface area contributed by atoms with E-state index in [1.54, 1.807) is 18.2 Å². The van der Waals surface area contributed by atoms with E-state index in [1.807, 2.05) is 26.0 Å². The van der Waals surface area contributed by atoms with Gasteiger partial charge < -0.3 is 10.4 Å². The highest BCUT2D eigenvalue weighted by Gasteiger charge is 2.13. The Balaban J connectivity index is 1.95. The fraction of sp³-hybridized carbons (Fsp3) is 0.118. The third-order valence-corrected chi connectivity index (χ3v) is 3.10. The summed E-state index contributed by atoms with van der Waals surface area (Å²) >= 11 is 0. The maximum Gasteiger partial charge on any atom is 0.329 e. The molecule has 0 aromatic heterocycles. The number of carbonyl (C=O) groups excluding carboxylic acids is 2. The maximum atomic E-state index is 11.8. The highest BCUT2D eigenvalue weighted by molar-refractivity contribution is 6.39. The third kappa shape index (κ3) is 4.67. The van der Waals surface area contributed by atoms with Crippen LogP contribution in [-0.2, 0) is 9.59 Å². The van der Waals surface area contributed by atoms with E-state index in [2.05, 4.69) is 15.8 Å². The number of aryl methyl sites for hydroxylation is 2. The fourth-order valence-electron chi connectivity index (χ4n) is 1.87. The molecule has 2 amide bonds. The lowest BCUT2D eigenvalue weighted by Crippen LogP contribution is -2.32. The summed E-state index contributed by atoms with van der Waals surface area (Å²) in [5.41, 5.74) is 5.17. The normalized spacial score (nSPS) is 10.5. The van der Waals surface area contributed by atoms with Crippen LogP contribution in [-0.4, -0.2) is 23.1 Å². The molecule has 0 unspecified atom stereocenters. The summed E-state index contributed by atoms with van der Waals surface area (Å²) in [6.45, 7) is 3.74. The zero-order valence-corrected chi connectivity index (χ0v) is 12.8. The number of nitrogens with one attached hydrogen (secondary N) is 2. The first-order valence-corrected chi connectivity index (χ1v) is 6.96. The van der Waals surface area contributed by atoms with Gasteiger partial charge in [-0.2, -0.15) is 5.10 Å². The van der Waals surface area contributed by atoms with Gasteiger partial charge >= 0.3 is 11.8 Å². The molecule has 3 N–H and O–H groups in total. The standard InChI is InChI=1S/C17H17N3O3/c1-11-6-7-12(2)15(8-11)19-16(22)17(23)20-18-10-13-4-3-5-14(21)9-13/h3-10,21H,1-2H3,(H,19,22)(H,20,23)/b18-10+. The van der Waals surface area contributed by atoms with Crippen molar-refractivity contribution in [1.29, 1.82) is 0 Å². The van der Waals surface area contributed by atoms with Crippen molar-refractivity contribution in [2.24, 2.45) is 5.10 Å². The minimum atomic E-state index is -0.873. The van der Waals surface area contributed by atoms with Gasteiger partial charge in [-0.3, -0.25) is 9.59 Å². The quantitative estimate of drug-likeness (QED) is 0.460. The minimum Gasteiger partial charge on any atom is -0.508 e. The second-order valence-corrected chi connectivity index (χ2v) is 5.07. The lowest BCUT2D eigenvalue weighted by molar-refractivity contribution is -0.136. The molecule has 2 rings (SSSR count). The van der Waals surface area contributed by atoms with E-state index in [4.69, 9.17) is 0 Å². The second kappa shape index (κ2) is 7.22. The Labute approximate surface area is 133 Å². The summed E-state index contributed by atoms with van der Waals surface area (Å²) in [5, 5.41) is 15.5. The molecule has 0 aliphatic carbocycles. The first kappa shape index (κ1) is 16.2. The molecular formula is C17H17N3O3. The molecule has 0 radical (unpaired) electrons. The molecule has 0 saturated heterocycles. The Morgan fingerprint density at radius 3 is 2.61 bits per heavy atom. The highest BCUT2D eigenvalue weighted by atomic mass is 16.3. The van der Waals surface area contributed by atoms with Crippen molar-refractivity contribution < 1.29 is 14.7 Å². The van der Waals surface area contributed by atoms with Gasteiger partial charge in [0.25, 0.3) is 0 Å². The highest BCUT2D eigenvalue weighted by Crippen LogP contribution is 2.16. The minimum absolute atomic E-state index is 0.0907. The molecule has 0 saturated carbocycles. The average Bonchev–Trinajstić information content (AvgIpc) is 2.51. The second-order valence-electron chi connectivity index (χ2n) is 5.07. The van der Waals surface area contributed by atoms with Crippen molar-refractivity contribution in [2.45, 2.75) is 13.8 Å². The van der Waals surface area contributed by atoms with Crippen LogP contribution in [0, 0.1) is 13.8 Å². The van der Waals surface area contributed by atoms with Gasteiger partial charge in [-0.05, 0) is 48.7 Å². The number of nitrogens with zero attached hydrogens (tertiary/aromatic N) is 1. The first-order valence-electron chi connectivity index (χ1n) is 6.96. The predicted octanol–water partition coefficient (Wildman–Crippen LogP) is 2.10. The van der Waals surface area contributed by atoms with Crippen LogP contribution in [0.15, 0.2) is 47.6 Å². The van der Waals surface area contributed by atoms with E-state index in [-0.39, 0.29) is 5.75 Å². The van der Waals surface area contributed by atoms with Crippen LogP contribution < -0.4 is 10.7 Å². The van der Waals surface area contributed by atoms with Crippen molar-refractivity contribution in [3.8, 4) is 5.75 Å². The van der Waals surface area contributed by atoms with E-state index in [0.29, 0.717) is 11.3 Å². The molecule has 6 heteroatoms. The molecule has 2 aromatic rings. The summed E-state index contributed by atoms with van der Waals surface area (Å²) in [6, 6.07) is 11.9. The topological polar surface area (TPSA) is 90.8 Å². The number of hydrazone groups is 1. The smallest absolute Gasteiger partial charge is 0.329 e. The number of hydrogen-bond acceptors (Lipinski definition) is 4. The molecule has 23 heavy (non-hydrogen) atoms. The van der Waals surface area contributed by atoms with Gasteiger partial charge in [-0.15, -0.1) is 0 Å². The number of phenolic OH excluding ortho intramolecular Hbond substituents is 1. The van der Waals surface area contributed by atoms with E-state index in [9.17, 15) is 14.7 Å². The molecule has 0 spiro atoms. The zero-order valence-electron chi connectivity index (χ0n) is 12.8. The van der Waals surface area contributed by atoms with Gasteiger partial charge in [-0.25, -0.2) is 5.43 Å². The molecule has 0 atom stereocenters. The maximum absolute atomic E-state index is 11.8. The number of anilines is 1. The summed E-state index contributed by atoms with van der Waals surface area (Å²) in [4.78, 5) is 23.5. The predicted molar refractivity (Wildman–Crippen MR) is 88.4 cm³/mol. The van der Waals surface area contributed by atoms with Gasteiger partial charge in [0.15, 0.2) is 0 Å². The van der Waals surface area contributed by atoms with Crippen molar-refractivity contribution in [3.63, 3.8) is 0 Å². The molecule has 2 aromatic carbocycles. The van der Waals surface area contributed by atoms with E-state index in [1.165, 1.54) is 18.3 Å². The van der Waals surface area contributed by atoms with Crippen LogP contribution in [0.3, 0.4) is 0 Å². The monoisotopic (exact) mass is 311 g/mol. The number of phenols is 1. The van der Waals surface area contributed by atoms with Crippen LogP contribution in [0.25, 0.3) is 0 Å². The molecule has 0 aliphatic heterocycles. The van der Waals surface area contributed by atoms with E-state index in [0.717, 1.165) is 11.1 Å². The van der Waals surface area contributed by atoms with Gasteiger partial charge in [0.05, 0.1) is 6.21 Å². The fourth-order valence-corrected chi connectivity index (χ4v) is 1.87. The summed E-state index contributed by atoms with van der Waals surface area (Å²) in [7, 11) is 0. The first-order chi connectivity index (χ1) is 11.0. The van der Waals surface area contributed by atoms with Gasteiger partial charge in [0.2, 0.25) is 0 Å². The number of amides is 2. The number of carbonyl (C=O) groups is 2. The van der Waals surface area contributed by atoms with Gasteiger partial charge in [0.1, 0.15) is 5.75 Å². The number of benzene rings is 2. The molecular weight excluding hydrogens is 294 g/mol. The summed E-state index contributed by atoms with van der Waals surface area (Å²) < 4.78 is 0. The molecule has 118 valence electrons. The van der Waals surface area contributed by atoms with Crippen molar-refractivity contribution in [3.05, 3.63) is 59.2 Å². The third-order valence-electron chi connectivity index (χ3n) is 3.10. The van der Waals surface area contributed by atoms with Crippen LogP contribution in [0.1, 0.15) is 16.7 Å². The molecule has 0 aliphatic rings. The zero-order chi connectivity index (χ0) is 16.8. The lowest BCUT2D eigenvalue weighted by Gasteiger charge is -2.08. The SMILES string of the molecule is Cc1ccc(C)c(NC(=O)C(=O)N/N=C/c2cccc(O)c2)c1. The van der Waals surface area contributed by atoms with Crippen molar-refractivity contribution in [1.82, 2.24) is 5.43 Å². The van der Waals surface area contributed by atoms with Crippen LogP contribution in [0.2, 0.25) is 0 Å². The largest absolute Gasteiger partial charge is 0.508 e. The lowest BCUT2D eigenvalue weighted by atomic mass is 10.1. The molecule has 0 heterocycles. The Bertz CT molecular complexity index is 769. The molecule has 0 bridgehead atoms. The Hall–Kier alpha value is -3.15. The Kier molecular flexibility index (Phi) is 5.09. The van der Waals surface area contributed by atoms with Crippen LogP contribution in [0.4, 0.5) is 5.69 Å². The van der Waals surface area contributed by atoms with Gasteiger partial charge in [-0.1, -0.05) is 24.3 Å². The van der Waals surface area contributed by atoms with Crippen LogP contribution in [0.5, 0.6) is 5.75 Å². The van der Waals surface area contributed by atoms with Crippen molar-refractivity contribution in [2.75, 3.05) is 5.32 Å². The molecule has 6 nitrogen and oxygen atoms in total. The Morgan fingerprint density at radius 1 is 1.09 bits per heavy atom. The molecule has 0 fully saturated rings. The number of hydrogen-bond donors (Lipinski definition) is 3. The van der Waals surface area contributed by atoms with Crippen molar-refractivity contribution >= 4 is 23.7 Å². The number of rotatable bonds is 3. The summed E-state index contributed by atoms with van der Waals surface area (Å²) in [5.74, 6) is -1.58. The van der Waals surface area contributed by atoms with E-state index < -0.39 is 11.8 Å². The van der Waals surface area contributed by atoms with E-state index >= 15 is 0 Å². The van der Waals surface area contributed by atoms with Crippen LogP contribution >= 0.6 is 0 Å².